The smallest absolute Gasteiger partial charge is 0.160 e. The van der Waals surface area contributed by atoms with Crippen LogP contribution in [0.4, 0.5) is 0 Å². The first-order valence-electron chi connectivity index (χ1n) is 6.71. The maximum atomic E-state index is 5.93. The molecule has 4 heteroatoms. The van der Waals surface area contributed by atoms with Gasteiger partial charge in [0.05, 0.1) is 0 Å². The normalized spacial score (nSPS) is 11.4. The van der Waals surface area contributed by atoms with Gasteiger partial charge in [-0.2, -0.15) is 0 Å². The predicted octanol–water partition coefficient (Wildman–Crippen LogP) is 4.26. The number of aromatic nitrogens is 3. The molecule has 0 unspecified atom stereocenters. The molecule has 3 aromatic rings. The van der Waals surface area contributed by atoms with Crippen LogP contribution in [-0.2, 0) is 6.42 Å². The molecule has 1 aromatic carbocycles. The van der Waals surface area contributed by atoms with E-state index in [9.17, 15) is 0 Å². The van der Waals surface area contributed by atoms with Crippen LogP contribution in [0.1, 0.15) is 31.3 Å². The molecule has 0 aliphatic heterocycles. The number of hydrogen-bond donors (Lipinski definition) is 0. The van der Waals surface area contributed by atoms with Crippen LogP contribution in [-0.4, -0.2) is 14.5 Å². The molecule has 0 saturated heterocycles. The Morgan fingerprint density at radius 2 is 1.90 bits per heavy atom. The Morgan fingerprint density at radius 1 is 1.15 bits per heavy atom. The van der Waals surface area contributed by atoms with Gasteiger partial charge in [0.2, 0.25) is 0 Å². The first kappa shape index (κ1) is 13.1. The van der Waals surface area contributed by atoms with E-state index in [0.29, 0.717) is 6.04 Å². The molecule has 3 rings (SSSR count). The van der Waals surface area contributed by atoms with Crippen LogP contribution in [0.25, 0.3) is 11.2 Å². The molecular weight excluding hydrogens is 270 g/mol. The Bertz CT molecular complexity index is 729. The highest BCUT2D eigenvalue weighted by atomic mass is 35.5. The van der Waals surface area contributed by atoms with Gasteiger partial charge in [0, 0.05) is 23.7 Å². The van der Waals surface area contributed by atoms with Gasteiger partial charge in [-0.15, -0.1) is 0 Å². The lowest BCUT2D eigenvalue weighted by atomic mass is 10.1. The van der Waals surface area contributed by atoms with E-state index in [4.69, 9.17) is 16.6 Å². The molecule has 0 aliphatic carbocycles. The maximum Gasteiger partial charge on any atom is 0.160 e. The van der Waals surface area contributed by atoms with E-state index in [-0.39, 0.29) is 0 Å². The molecule has 0 bridgehead atoms. The lowest BCUT2D eigenvalue weighted by molar-refractivity contribution is 0.587. The lowest BCUT2D eigenvalue weighted by Gasteiger charge is -2.12. The quantitative estimate of drug-likeness (QED) is 0.720. The molecule has 2 aromatic heterocycles. The molecule has 0 aliphatic rings. The zero-order valence-electron chi connectivity index (χ0n) is 11.5. The zero-order valence-corrected chi connectivity index (χ0v) is 12.3. The number of fused-ring (bicyclic) bond motifs is 1. The molecule has 0 amide bonds. The minimum Gasteiger partial charge on any atom is -0.310 e. The summed E-state index contributed by atoms with van der Waals surface area (Å²) in [6.45, 7) is 4.31. The average molecular weight is 286 g/mol. The molecule has 0 saturated carbocycles. The molecule has 2 heterocycles. The van der Waals surface area contributed by atoms with Crippen LogP contribution in [0.15, 0.2) is 42.6 Å². The van der Waals surface area contributed by atoms with Crippen molar-refractivity contribution >= 4 is 22.8 Å². The molecule has 0 N–H and O–H groups in total. The number of hydrogen-bond acceptors (Lipinski definition) is 2. The Labute approximate surface area is 123 Å². The van der Waals surface area contributed by atoms with Gasteiger partial charge in [0.1, 0.15) is 11.3 Å². The van der Waals surface area contributed by atoms with Gasteiger partial charge in [-0.1, -0.05) is 23.7 Å². The Hall–Kier alpha value is -1.87. The fraction of sp³-hybridized carbons (Fsp3) is 0.250. The Kier molecular flexibility index (Phi) is 3.45. The van der Waals surface area contributed by atoms with E-state index in [0.717, 1.165) is 28.4 Å². The number of nitrogens with zero attached hydrogens (tertiary/aromatic N) is 3. The standard InChI is InChI=1S/C16H16ClN3/c1-11(2)20-15(10-12-5-7-13(17)8-6-12)19-14-4-3-9-18-16(14)20/h3-9,11H,10H2,1-2H3. The number of halogens is 1. The fourth-order valence-electron chi connectivity index (χ4n) is 2.43. The van der Waals surface area contributed by atoms with Gasteiger partial charge in [-0.25, -0.2) is 9.97 Å². The van der Waals surface area contributed by atoms with Crippen LogP contribution < -0.4 is 0 Å². The summed E-state index contributed by atoms with van der Waals surface area (Å²) < 4.78 is 2.20. The zero-order chi connectivity index (χ0) is 14.1. The SMILES string of the molecule is CC(C)n1c(Cc2ccc(Cl)cc2)nc2cccnc21. The highest BCUT2D eigenvalue weighted by Crippen LogP contribution is 2.21. The molecule has 20 heavy (non-hydrogen) atoms. The van der Waals surface area contributed by atoms with Gasteiger partial charge in [0.25, 0.3) is 0 Å². The highest BCUT2D eigenvalue weighted by Gasteiger charge is 2.14. The van der Waals surface area contributed by atoms with Crippen molar-refractivity contribution in [3.63, 3.8) is 0 Å². The van der Waals surface area contributed by atoms with Crippen molar-refractivity contribution in [3.05, 3.63) is 59.0 Å². The summed E-state index contributed by atoms with van der Waals surface area (Å²) in [6, 6.07) is 12.2. The lowest BCUT2D eigenvalue weighted by Crippen LogP contribution is -2.07. The predicted molar refractivity (Wildman–Crippen MR) is 82.2 cm³/mol. The van der Waals surface area contributed by atoms with Crippen molar-refractivity contribution in [2.45, 2.75) is 26.3 Å². The summed E-state index contributed by atoms with van der Waals surface area (Å²) in [5, 5.41) is 0.757. The number of benzene rings is 1. The molecule has 0 atom stereocenters. The van der Waals surface area contributed by atoms with Gasteiger partial charge in [-0.3, -0.25) is 0 Å². The van der Waals surface area contributed by atoms with Crippen molar-refractivity contribution in [1.29, 1.82) is 0 Å². The molecular formula is C16H16ClN3. The molecule has 3 nitrogen and oxygen atoms in total. The summed E-state index contributed by atoms with van der Waals surface area (Å²) >= 11 is 5.93. The first-order chi connectivity index (χ1) is 9.65. The van der Waals surface area contributed by atoms with Gasteiger partial charge in [-0.05, 0) is 43.7 Å². The Balaban J connectivity index is 2.06. The van der Waals surface area contributed by atoms with Crippen LogP contribution >= 0.6 is 11.6 Å². The number of imidazole rings is 1. The van der Waals surface area contributed by atoms with Gasteiger partial charge >= 0.3 is 0 Å². The summed E-state index contributed by atoms with van der Waals surface area (Å²) in [4.78, 5) is 9.18. The van der Waals surface area contributed by atoms with E-state index in [1.54, 1.807) is 0 Å². The second kappa shape index (κ2) is 5.25. The molecule has 102 valence electrons. The minimum absolute atomic E-state index is 0.331. The van der Waals surface area contributed by atoms with Crippen LogP contribution in [0.5, 0.6) is 0 Å². The van der Waals surface area contributed by atoms with Gasteiger partial charge in [0.15, 0.2) is 5.65 Å². The summed E-state index contributed by atoms with van der Waals surface area (Å²) in [5.74, 6) is 1.04. The van der Waals surface area contributed by atoms with Crippen molar-refractivity contribution in [2.75, 3.05) is 0 Å². The minimum atomic E-state index is 0.331. The van der Waals surface area contributed by atoms with E-state index in [1.807, 2.05) is 42.6 Å². The third-order valence-electron chi connectivity index (χ3n) is 3.31. The average Bonchev–Trinajstić information content (AvgIpc) is 2.79. The second-order valence-corrected chi connectivity index (χ2v) is 5.58. The van der Waals surface area contributed by atoms with Crippen LogP contribution in [0.3, 0.4) is 0 Å². The van der Waals surface area contributed by atoms with Crippen molar-refractivity contribution in [2.24, 2.45) is 0 Å². The molecule has 0 radical (unpaired) electrons. The third kappa shape index (κ3) is 2.41. The van der Waals surface area contributed by atoms with E-state index < -0.39 is 0 Å². The van der Waals surface area contributed by atoms with Crippen LogP contribution in [0, 0.1) is 0 Å². The number of rotatable bonds is 3. The van der Waals surface area contributed by atoms with E-state index in [1.165, 1.54) is 5.56 Å². The van der Waals surface area contributed by atoms with Crippen molar-refractivity contribution in [3.8, 4) is 0 Å². The van der Waals surface area contributed by atoms with Gasteiger partial charge < -0.3 is 4.57 Å². The summed E-state index contributed by atoms with van der Waals surface area (Å²) in [7, 11) is 0. The molecule has 0 fully saturated rings. The number of pyridine rings is 1. The highest BCUT2D eigenvalue weighted by molar-refractivity contribution is 6.30. The monoisotopic (exact) mass is 285 g/mol. The maximum absolute atomic E-state index is 5.93. The fourth-order valence-corrected chi connectivity index (χ4v) is 2.55. The van der Waals surface area contributed by atoms with E-state index >= 15 is 0 Å². The largest absolute Gasteiger partial charge is 0.310 e. The first-order valence-corrected chi connectivity index (χ1v) is 7.09. The van der Waals surface area contributed by atoms with E-state index in [2.05, 4.69) is 23.4 Å². The van der Waals surface area contributed by atoms with Crippen LogP contribution in [0.2, 0.25) is 5.02 Å². The second-order valence-electron chi connectivity index (χ2n) is 5.14. The third-order valence-corrected chi connectivity index (χ3v) is 3.57. The molecule has 0 spiro atoms. The van der Waals surface area contributed by atoms with Crippen molar-refractivity contribution in [1.82, 2.24) is 14.5 Å². The summed E-state index contributed by atoms with van der Waals surface area (Å²) in [6.07, 6.45) is 2.60. The summed E-state index contributed by atoms with van der Waals surface area (Å²) in [5.41, 5.74) is 3.10. The topological polar surface area (TPSA) is 30.7 Å². The van der Waals surface area contributed by atoms with Crippen molar-refractivity contribution < 1.29 is 0 Å². The Morgan fingerprint density at radius 3 is 2.60 bits per heavy atom.